The van der Waals surface area contributed by atoms with Crippen molar-refractivity contribution in [3.05, 3.63) is 34.9 Å². The van der Waals surface area contributed by atoms with Crippen molar-refractivity contribution in [2.75, 3.05) is 0 Å². The summed E-state index contributed by atoms with van der Waals surface area (Å²) in [6.45, 7) is 0. The smallest absolute Gasteiger partial charge is 0.0518 e. The lowest BCUT2D eigenvalue weighted by Crippen LogP contribution is -2.14. The summed E-state index contributed by atoms with van der Waals surface area (Å²) in [6, 6.07) is 7.62. The summed E-state index contributed by atoms with van der Waals surface area (Å²) in [5.41, 5.74) is 6.66. The summed E-state index contributed by atoms with van der Waals surface area (Å²) in [4.78, 5) is 0. The molecule has 11 heavy (non-hydrogen) atoms. The van der Waals surface area contributed by atoms with Gasteiger partial charge in [-0.1, -0.05) is 23.7 Å². The van der Waals surface area contributed by atoms with Gasteiger partial charge in [-0.2, -0.15) is 12.6 Å². The van der Waals surface area contributed by atoms with Crippen molar-refractivity contribution in [1.29, 1.82) is 0 Å². The standard InChI is InChI=1S/C8H10ClNS/c9-7-3-1-6(2-4-7)5-8(10)11/h1-4,8,11H,5,10H2. The molecule has 0 heterocycles. The Morgan fingerprint density at radius 2 is 1.91 bits per heavy atom. The van der Waals surface area contributed by atoms with Gasteiger partial charge in [0, 0.05) is 5.02 Å². The zero-order chi connectivity index (χ0) is 8.27. The molecule has 0 bridgehead atoms. The molecule has 0 fully saturated rings. The Morgan fingerprint density at radius 3 is 2.36 bits per heavy atom. The van der Waals surface area contributed by atoms with Gasteiger partial charge >= 0.3 is 0 Å². The Kier molecular flexibility index (Phi) is 3.24. The zero-order valence-electron chi connectivity index (χ0n) is 6.00. The summed E-state index contributed by atoms with van der Waals surface area (Å²) < 4.78 is 0. The molecule has 0 aliphatic carbocycles. The predicted octanol–water partition coefficient (Wildman–Crippen LogP) is 2.10. The highest BCUT2D eigenvalue weighted by atomic mass is 35.5. The van der Waals surface area contributed by atoms with E-state index < -0.39 is 0 Å². The first kappa shape index (κ1) is 8.91. The summed E-state index contributed by atoms with van der Waals surface area (Å²) >= 11 is 9.78. The minimum atomic E-state index is -0.0869. The molecule has 2 N–H and O–H groups in total. The van der Waals surface area contributed by atoms with Gasteiger partial charge in [0.2, 0.25) is 0 Å². The Morgan fingerprint density at radius 1 is 1.36 bits per heavy atom. The number of nitrogens with two attached hydrogens (primary N) is 1. The second-order valence-corrected chi connectivity index (χ2v) is 3.50. The lowest BCUT2D eigenvalue weighted by molar-refractivity contribution is 0.909. The van der Waals surface area contributed by atoms with Crippen LogP contribution in [0.1, 0.15) is 5.56 Å². The van der Waals surface area contributed by atoms with Crippen LogP contribution in [0.2, 0.25) is 5.02 Å². The van der Waals surface area contributed by atoms with Gasteiger partial charge in [-0.15, -0.1) is 0 Å². The van der Waals surface area contributed by atoms with Crippen molar-refractivity contribution >= 4 is 24.2 Å². The molecule has 1 rings (SSSR count). The molecular formula is C8H10ClNS. The van der Waals surface area contributed by atoms with E-state index in [4.69, 9.17) is 17.3 Å². The molecule has 0 saturated heterocycles. The van der Waals surface area contributed by atoms with Gasteiger partial charge in [-0.3, -0.25) is 0 Å². The van der Waals surface area contributed by atoms with Crippen LogP contribution < -0.4 is 5.73 Å². The topological polar surface area (TPSA) is 26.0 Å². The number of hydrogen-bond acceptors (Lipinski definition) is 2. The van der Waals surface area contributed by atoms with E-state index in [1.54, 1.807) is 0 Å². The normalized spacial score (nSPS) is 13.0. The maximum atomic E-state index is 5.70. The average Bonchev–Trinajstić information content (AvgIpc) is 1.93. The molecule has 1 nitrogen and oxygen atoms in total. The number of rotatable bonds is 2. The van der Waals surface area contributed by atoms with Crippen molar-refractivity contribution in [2.45, 2.75) is 11.8 Å². The van der Waals surface area contributed by atoms with Crippen LogP contribution in [0.5, 0.6) is 0 Å². The summed E-state index contributed by atoms with van der Waals surface area (Å²) in [5.74, 6) is 0. The number of halogens is 1. The van der Waals surface area contributed by atoms with Crippen LogP contribution in [-0.4, -0.2) is 5.37 Å². The second-order valence-electron chi connectivity index (χ2n) is 2.40. The van der Waals surface area contributed by atoms with Gasteiger partial charge < -0.3 is 5.73 Å². The fourth-order valence-electron chi connectivity index (χ4n) is 0.862. The molecule has 0 amide bonds. The van der Waals surface area contributed by atoms with Crippen LogP contribution in [0.25, 0.3) is 0 Å². The van der Waals surface area contributed by atoms with Crippen LogP contribution >= 0.6 is 24.2 Å². The van der Waals surface area contributed by atoms with E-state index in [2.05, 4.69) is 12.6 Å². The van der Waals surface area contributed by atoms with Crippen LogP contribution in [0.3, 0.4) is 0 Å². The Balaban J connectivity index is 2.66. The van der Waals surface area contributed by atoms with Gasteiger partial charge in [-0.05, 0) is 24.1 Å². The lowest BCUT2D eigenvalue weighted by Gasteiger charge is -2.03. The second kappa shape index (κ2) is 4.00. The van der Waals surface area contributed by atoms with E-state index in [9.17, 15) is 0 Å². The summed E-state index contributed by atoms with van der Waals surface area (Å²) in [6.07, 6.45) is 0.778. The molecule has 1 unspecified atom stereocenters. The Hall–Kier alpha value is -0.180. The summed E-state index contributed by atoms with van der Waals surface area (Å²) in [7, 11) is 0. The highest BCUT2D eigenvalue weighted by Crippen LogP contribution is 2.10. The highest BCUT2D eigenvalue weighted by Gasteiger charge is 1.96. The van der Waals surface area contributed by atoms with Crippen molar-refractivity contribution in [3.63, 3.8) is 0 Å². The monoisotopic (exact) mass is 187 g/mol. The first-order valence-electron chi connectivity index (χ1n) is 3.36. The van der Waals surface area contributed by atoms with Gasteiger partial charge in [0.25, 0.3) is 0 Å². The molecular weight excluding hydrogens is 178 g/mol. The first-order chi connectivity index (χ1) is 5.18. The molecule has 1 aromatic carbocycles. The van der Waals surface area contributed by atoms with Crippen LogP contribution in [0.15, 0.2) is 24.3 Å². The number of benzene rings is 1. The molecule has 0 aliphatic heterocycles. The van der Waals surface area contributed by atoms with Gasteiger partial charge in [0.15, 0.2) is 0 Å². The van der Waals surface area contributed by atoms with E-state index >= 15 is 0 Å². The van der Waals surface area contributed by atoms with Crippen LogP contribution in [0.4, 0.5) is 0 Å². The Labute approximate surface area is 77.0 Å². The fraction of sp³-hybridized carbons (Fsp3) is 0.250. The molecule has 0 spiro atoms. The summed E-state index contributed by atoms with van der Waals surface area (Å²) in [5, 5.41) is 0.665. The largest absolute Gasteiger partial charge is 0.319 e. The number of thiol groups is 1. The van der Waals surface area contributed by atoms with E-state index in [0.717, 1.165) is 17.0 Å². The zero-order valence-corrected chi connectivity index (χ0v) is 7.65. The molecule has 0 saturated carbocycles. The van der Waals surface area contributed by atoms with Gasteiger partial charge in [0.1, 0.15) is 0 Å². The molecule has 1 aromatic rings. The van der Waals surface area contributed by atoms with Gasteiger partial charge in [0.05, 0.1) is 5.37 Å². The van der Waals surface area contributed by atoms with Crippen molar-refractivity contribution < 1.29 is 0 Å². The molecule has 0 aromatic heterocycles. The number of hydrogen-bond donors (Lipinski definition) is 2. The Bertz CT molecular complexity index is 220. The van der Waals surface area contributed by atoms with Crippen LogP contribution in [-0.2, 0) is 6.42 Å². The van der Waals surface area contributed by atoms with E-state index in [-0.39, 0.29) is 5.37 Å². The first-order valence-corrected chi connectivity index (χ1v) is 4.26. The minimum Gasteiger partial charge on any atom is -0.319 e. The maximum absolute atomic E-state index is 5.70. The predicted molar refractivity (Wildman–Crippen MR) is 52.1 cm³/mol. The third kappa shape index (κ3) is 3.14. The third-order valence-electron chi connectivity index (χ3n) is 1.36. The molecule has 3 heteroatoms. The SMILES string of the molecule is NC(S)Cc1ccc(Cl)cc1. The van der Waals surface area contributed by atoms with Crippen LogP contribution in [0, 0.1) is 0 Å². The fourth-order valence-corrected chi connectivity index (χ4v) is 1.20. The quantitative estimate of drug-likeness (QED) is 0.538. The lowest BCUT2D eigenvalue weighted by atomic mass is 10.1. The third-order valence-corrected chi connectivity index (χ3v) is 1.79. The molecule has 0 radical (unpaired) electrons. The van der Waals surface area contributed by atoms with Crippen molar-refractivity contribution in [2.24, 2.45) is 5.73 Å². The van der Waals surface area contributed by atoms with Gasteiger partial charge in [-0.25, -0.2) is 0 Å². The highest BCUT2D eigenvalue weighted by molar-refractivity contribution is 7.80. The molecule has 60 valence electrons. The average molecular weight is 188 g/mol. The van der Waals surface area contributed by atoms with E-state index in [1.165, 1.54) is 0 Å². The maximum Gasteiger partial charge on any atom is 0.0518 e. The van der Waals surface area contributed by atoms with Crippen molar-refractivity contribution in [1.82, 2.24) is 0 Å². The van der Waals surface area contributed by atoms with E-state index in [1.807, 2.05) is 24.3 Å². The molecule has 1 atom stereocenters. The van der Waals surface area contributed by atoms with E-state index in [0.29, 0.717) is 0 Å². The minimum absolute atomic E-state index is 0.0869. The van der Waals surface area contributed by atoms with Crippen molar-refractivity contribution in [3.8, 4) is 0 Å². The molecule has 0 aliphatic rings.